The van der Waals surface area contributed by atoms with Gasteiger partial charge in [0.2, 0.25) is 0 Å². The van der Waals surface area contributed by atoms with Gasteiger partial charge in [0.15, 0.2) is 5.78 Å². The minimum absolute atomic E-state index is 0.0732. The number of ketones is 1. The number of alkyl carbamates (subject to hydrolysis) is 1. The van der Waals surface area contributed by atoms with Gasteiger partial charge < -0.3 is 10.1 Å². The lowest BCUT2D eigenvalue weighted by atomic mass is 10.4. The van der Waals surface area contributed by atoms with Crippen molar-refractivity contribution in [2.24, 2.45) is 0 Å². The summed E-state index contributed by atoms with van der Waals surface area (Å²) in [7, 11) is 1.22. The van der Waals surface area contributed by atoms with Crippen LogP contribution in [0.15, 0.2) is 0 Å². The molecule has 4 nitrogen and oxygen atoms in total. The van der Waals surface area contributed by atoms with Gasteiger partial charge in [0.1, 0.15) is 0 Å². The number of amides is 1. The van der Waals surface area contributed by atoms with E-state index < -0.39 is 6.09 Å². The van der Waals surface area contributed by atoms with Crippen LogP contribution in [0.2, 0.25) is 0 Å². The summed E-state index contributed by atoms with van der Waals surface area (Å²) in [6.07, 6.45) is -0.626. The van der Waals surface area contributed by atoms with Gasteiger partial charge in [0, 0.05) is 0 Å². The Morgan fingerprint density at radius 3 is 2.60 bits per heavy atom. The fourth-order valence-corrected chi connectivity index (χ4v) is 0.385. The largest absolute Gasteiger partial charge is 0.453 e. The monoisotopic (exact) mass is 165 g/mol. The van der Waals surface area contributed by atoms with Crippen LogP contribution in [-0.4, -0.2) is 31.4 Å². The van der Waals surface area contributed by atoms with Gasteiger partial charge in [-0.15, -0.1) is 11.6 Å². The molecule has 0 saturated heterocycles. The lowest BCUT2D eigenvalue weighted by Crippen LogP contribution is -2.29. The van der Waals surface area contributed by atoms with E-state index in [2.05, 4.69) is 10.1 Å². The van der Waals surface area contributed by atoms with Crippen molar-refractivity contribution in [2.75, 3.05) is 19.5 Å². The van der Waals surface area contributed by atoms with Crippen molar-refractivity contribution in [3.63, 3.8) is 0 Å². The molecule has 0 bridgehead atoms. The van der Waals surface area contributed by atoms with Crippen LogP contribution < -0.4 is 5.32 Å². The smallest absolute Gasteiger partial charge is 0.407 e. The lowest BCUT2D eigenvalue weighted by Gasteiger charge is -1.99. The first-order valence-electron chi connectivity index (χ1n) is 2.60. The molecule has 0 aliphatic carbocycles. The van der Waals surface area contributed by atoms with Crippen molar-refractivity contribution < 1.29 is 14.3 Å². The number of Topliss-reactive ketones (excluding diaryl/α,β-unsaturated/α-hetero) is 1. The molecule has 0 aromatic heterocycles. The van der Waals surface area contributed by atoms with Crippen molar-refractivity contribution >= 4 is 23.5 Å². The Balaban J connectivity index is 3.35. The van der Waals surface area contributed by atoms with Crippen LogP contribution in [0, 0.1) is 0 Å². The van der Waals surface area contributed by atoms with Gasteiger partial charge >= 0.3 is 6.09 Å². The molecule has 0 aromatic carbocycles. The second-order valence-corrected chi connectivity index (χ2v) is 1.78. The molecule has 0 aromatic rings. The molecule has 0 aliphatic heterocycles. The van der Waals surface area contributed by atoms with E-state index in [-0.39, 0.29) is 18.2 Å². The fraction of sp³-hybridized carbons (Fsp3) is 0.600. The van der Waals surface area contributed by atoms with Crippen molar-refractivity contribution in [2.45, 2.75) is 0 Å². The molecular weight excluding hydrogens is 158 g/mol. The Morgan fingerprint density at radius 2 is 2.20 bits per heavy atom. The van der Waals surface area contributed by atoms with Gasteiger partial charge in [-0.3, -0.25) is 4.79 Å². The Labute approximate surface area is 63.5 Å². The highest BCUT2D eigenvalue weighted by molar-refractivity contribution is 6.28. The number of carbonyl (C=O) groups excluding carboxylic acids is 2. The summed E-state index contributed by atoms with van der Waals surface area (Å²) in [5.41, 5.74) is 0. The Hall–Kier alpha value is -0.770. The number of rotatable bonds is 3. The highest BCUT2D eigenvalue weighted by atomic mass is 35.5. The molecule has 1 N–H and O–H groups in total. The fourth-order valence-electron chi connectivity index (χ4n) is 0.290. The molecule has 0 aliphatic rings. The Kier molecular flexibility index (Phi) is 4.66. The molecule has 0 radical (unpaired) electrons. The van der Waals surface area contributed by atoms with Crippen LogP contribution in [0.5, 0.6) is 0 Å². The number of methoxy groups -OCH3 is 1. The van der Waals surface area contributed by atoms with Gasteiger partial charge in [-0.1, -0.05) is 0 Å². The van der Waals surface area contributed by atoms with E-state index >= 15 is 0 Å². The SMILES string of the molecule is COC(=O)NCC(=O)CCl. The average molecular weight is 166 g/mol. The molecule has 5 heteroatoms. The third-order valence-electron chi connectivity index (χ3n) is 0.764. The topological polar surface area (TPSA) is 55.4 Å². The van der Waals surface area contributed by atoms with E-state index in [0.29, 0.717) is 0 Å². The molecule has 10 heavy (non-hydrogen) atoms. The van der Waals surface area contributed by atoms with E-state index in [0.717, 1.165) is 0 Å². The number of alkyl halides is 1. The molecule has 0 unspecified atom stereocenters. The van der Waals surface area contributed by atoms with Gasteiger partial charge in [0.25, 0.3) is 0 Å². The zero-order valence-corrected chi connectivity index (χ0v) is 6.27. The van der Waals surface area contributed by atoms with Crippen LogP contribution in [0.3, 0.4) is 0 Å². The zero-order valence-electron chi connectivity index (χ0n) is 5.52. The summed E-state index contributed by atoms with van der Waals surface area (Å²) in [6, 6.07) is 0. The van der Waals surface area contributed by atoms with Gasteiger partial charge in [-0.25, -0.2) is 4.79 Å². The summed E-state index contributed by atoms with van der Waals surface area (Å²) >= 11 is 5.14. The van der Waals surface area contributed by atoms with E-state index in [4.69, 9.17) is 11.6 Å². The second kappa shape index (κ2) is 5.05. The number of nitrogens with one attached hydrogen (secondary N) is 1. The average Bonchev–Trinajstić information content (AvgIpc) is 1.99. The first kappa shape index (κ1) is 9.23. The Morgan fingerprint density at radius 1 is 1.60 bits per heavy atom. The summed E-state index contributed by atoms with van der Waals surface area (Å²) in [5, 5.41) is 2.19. The van der Waals surface area contributed by atoms with Gasteiger partial charge in [0.05, 0.1) is 19.5 Å². The maximum absolute atomic E-state index is 10.4. The van der Waals surface area contributed by atoms with E-state index in [1.54, 1.807) is 0 Å². The summed E-state index contributed by atoms with van der Waals surface area (Å²) in [5.74, 6) is -0.337. The first-order valence-corrected chi connectivity index (χ1v) is 3.13. The minimum Gasteiger partial charge on any atom is -0.453 e. The van der Waals surface area contributed by atoms with Crippen LogP contribution in [-0.2, 0) is 9.53 Å². The maximum atomic E-state index is 10.4. The van der Waals surface area contributed by atoms with Crippen LogP contribution in [0.1, 0.15) is 0 Å². The summed E-state index contributed by atoms with van der Waals surface area (Å²) < 4.78 is 4.20. The molecule has 0 spiro atoms. The van der Waals surface area contributed by atoms with Gasteiger partial charge in [-0.2, -0.15) is 0 Å². The maximum Gasteiger partial charge on any atom is 0.407 e. The molecule has 0 heterocycles. The molecule has 1 amide bonds. The van der Waals surface area contributed by atoms with Crippen molar-refractivity contribution in [1.82, 2.24) is 5.32 Å². The standard InChI is InChI=1S/C5H8ClNO3/c1-10-5(9)7-3-4(8)2-6/h2-3H2,1H3,(H,7,9). The lowest BCUT2D eigenvalue weighted by molar-refractivity contribution is -0.115. The number of hydrogen-bond acceptors (Lipinski definition) is 3. The summed E-state index contributed by atoms with van der Waals surface area (Å²) in [6.45, 7) is -0.0732. The number of ether oxygens (including phenoxy) is 1. The molecule has 0 saturated carbocycles. The molecule has 0 fully saturated rings. The molecular formula is C5H8ClNO3. The minimum atomic E-state index is -0.626. The number of halogens is 1. The highest BCUT2D eigenvalue weighted by Gasteiger charge is 2.01. The van der Waals surface area contributed by atoms with Crippen LogP contribution in [0.25, 0.3) is 0 Å². The van der Waals surface area contributed by atoms with Crippen LogP contribution >= 0.6 is 11.6 Å². The molecule has 0 rings (SSSR count). The third-order valence-corrected chi connectivity index (χ3v) is 1.06. The van der Waals surface area contributed by atoms with E-state index in [1.165, 1.54) is 7.11 Å². The Bertz CT molecular complexity index is 121. The van der Waals surface area contributed by atoms with Crippen molar-refractivity contribution in [3.05, 3.63) is 0 Å². The predicted octanol–water partition coefficient (Wildman–Crippen LogP) is 0.150. The zero-order chi connectivity index (χ0) is 7.98. The predicted molar refractivity (Wildman–Crippen MR) is 36.1 cm³/mol. The molecule has 58 valence electrons. The van der Waals surface area contributed by atoms with E-state index in [1.807, 2.05) is 0 Å². The third kappa shape index (κ3) is 4.14. The number of carbonyl (C=O) groups is 2. The number of hydrogen-bond donors (Lipinski definition) is 1. The van der Waals surface area contributed by atoms with Gasteiger partial charge in [-0.05, 0) is 0 Å². The van der Waals surface area contributed by atoms with Crippen molar-refractivity contribution in [1.29, 1.82) is 0 Å². The normalized spacial score (nSPS) is 8.60. The van der Waals surface area contributed by atoms with Crippen LogP contribution in [0.4, 0.5) is 4.79 Å². The quantitative estimate of drug-likeness (QED) is 0.606. The highest BCUT2D eigenvalue weighted by Crippen LogP contribution is 1.77. The first-order chi connectivity index (χ1) is 4.70. The van der Waals surface area contributed by atoms with E-state index in [9.17, 15) is 9.59 Å². The second-order valence-electron chi connectivity index (χ2n) is 1.52. The molecule has 0 atom stereocenters. The van der Waals surface area contributed by atoms with Crippen molar-refractivity contribution in [3.8, 4) is 0 Å². The summed E-state index contributed by atoms with van der Waals surface area (Å²) in [4.78, 5) is 20.7.